The quantitative estimate of drug-likeness (QED) is 0.725. The number of rotatable bonds is 2. The highest BCUT2D eigenvalue weighted by atomic mass is 19.3. The number of esters is 1. The Morgan fingerprint density at radius 3 is 2.75 bits per heavy atom. The van der Waals surface area contributed by atoms with E-state index in [0.29, 0.717) is 5.75 Å². The maximum atomic E-state index is 13.4. The Kier molecular flexibility index (Phi) is 2.41. The van der Waals surface area contributed by atoms with Crippen LogP contribution in [-0.2, 0) is 15.5 Å². The molecule has 0 saturated heterocycles. The number of ether oxygens (including phenoxy) is 3. The maximum absolute atomic E-state index is 13.4. The van der Waals surface area contributed by atoms with Gasteiger partial charge in [0.05, 0.1) is 7.11 Å². The van der Waals surface area contributed by atoms with Crippen molar-refractivity contribution < 1.29 is 27.8 Å². The lowest BCUT2D eigenvalue weighted by Gasteiger charge is -2.13. The van der Waals surface area contributed by atoms with Crippen LogP contribution in [0.5, 0.6) is 11.5 Å². The largest absolute Gasteiger partial charge is 0.464 e. The lowest BCUT2D eigenvalue weighted by molar-refractivity contribution is -0.170. The van der Waals surface area contributed by atoms with E-state index in [2.05, 4.69) is 4.74 Å². The Morgan fingerprint density at radius 2 is 2.06 bits per heavy atom. The molecule has 0 N–H and O–H groups in total. The fraction of sp³-hybridized carbons (Fsp3) is 0.300. The Morgan fingerprint density at radius 1 is 1.38 bits per heavy atom. The number of fused-ring (bicyclic) bond motifs is 1. The second kappa shape index (κ2) is 3.62. The number of halogens is 2. The molecule has 0 bridgehead atoms. The smallest absolute Gasteiger partial charge is 0.381 e. The average Bonchev–Trinajstić information content (AvgIpc) is 2.74. The monoisotopic (exact) mass is 230 g/mol. The summed E-state index contributed by atoms with van der Waals surface area (Å²) in [5.74, 6) is -4.72. The third-order valence-electron chi connectivity index (χ3n) is 2.18. The van der Waals surface area contributed by atoms with Crippen molar-refractivity contribution in [3.8, 4) is 11.5 Å². The highest BCUT2D eigenvalue weighted by Gasteiger charge is 2.43. The lowest BCUT2D eigenvalue weighted by Crippen LogP contribution is -2.27. The number of hydrogen-bond acceptors (Lipinski definition) is 4. The Bertz CT molecular complexity index is 431. The minimum Gasteiger partial charge on any atom is -0.464 e. The Labute approximate surface area is 89.7 Å². The van der Waals surface area contributed by atoms with Crippen LogP contribution in [0.4, 0.5) is 8.78 Å². The fourth-order valence-corrected chi connectivity index (χ4v) is 1.34. The summed E-state index contributed by atoms with van der Waals surface area (Å²) in [4.78, 5) is 10.9. The number of carbonyl (C=O) groups excluding carboxylic acids is 1. The Balaban J connectivity index is 2.37. The molecular weight excluding hydrogens is 222 g/mol. The number of methoxy groups -OCH3 is 1. The molecule has 1 aromatic rings. The van der Waals surface area contributed by atoms with Gasteiger partial charge in [-0.3, -0.25) is 0 Å². The van der Waals surface area contributed by atoms with E-state index in [9.17, 15) is 13.6 Å². The predicted octanol–water partition coefficient (Wildman–Crippen LogP) is 1.68. The van der Waals surface area contributed by atoms with Crippen molar-refractivity contribution in [3.05, 3.63) is 23.8 Å². The van der Waals surface area contributed by atoms with Crippen molar-refractivity contribution in [1.29, 1.82) is 0 Å². The molecule has 86 valence electrons. The topological polar surface area (TPSA) is 44.8 Å². The van der Waals surface area contributed by atoms with E-state index < -0.39 is 17.5 Å². The van der Waals surface area contributed by atoms with Gasteiger partial charge in [0.2, 0.25) is 6.79 Å². The maximum Gasteiger partial charge on any atom is 0.381 e. The van der Waals surface area contributed by atoms with Crippen LogP contribution in [-0.4, -0.2) is 19.9 Å². The first-order valence-corrected chi connectivity index (χ1v) is 4.42. The molecule has 0 saturated carbocycles. The molecule has 1 aliphatic rings. The van der Waals surface area contributed by atoms with E-state index in [0.717, 1.165) is 19.2 Å². The van der Waals surface area contributed by atoms with Crippen LogP contribution in [0.3, 0.4) is 0 Å². The molecular formula is C10H8F2O4. The molecule has 1 aliphatic heterocycles. The molecule has 1 heterocycles. The summed E-state index contributed by atoms with van der Waals surface area (Å²) >= 11 is 0. The van der Waals surface area contributed by atoms with Gasteiger partial charge in [0.25, 0.3) is 0 Å². The zero-order chi connectivity index (χ0) is 11.8. The van der Waals surface area contributed by atoms with Gasteiger partial charge in [-0.05, 0) is 18.2 Å². The SMILES string of the molecule is COC(=O)C(F)(F)c1ccc2c(c1)OCO2. The summed E-state index contributed by atoms with van der Waals surface area (Å²) < 4.78 is 40.8. The molecule has 16 heavy (non-hydrogen) atoms. The average molecular weight is 230 g/mol. The Hall–Kier alpha value is -1.85. The molecule has 0 aliphatic carbocycles. The van der Waals surface area contributed by atoms with Gasteiger partial charge in [0.15, 0.2) is 11.5 Å². The van der Waals surface area contributed by atoms with Crippen molar-refractivity contribution in [2.24, 2.45) is 0 Å². The normalized spacial score (nSPS) is 13.7. The molecule has 0 amide bonds. The van der Waals surface area contributed by atoms with Crippen LogP contribution >= 0.6 is 0 Å². The van der Waals surface area contributed by atoms with E-state index >= 15 is 0 Å². The first-order chi connectivity index (χ1) is 7.55. The van der Waals surface area contributed by atoms with Crippen LogP contribution in [0.25, 0.3) is 0 Å². The minimum atomic E-state index is -3.68. The van der Waals surface area contributed by atoms with Crippen molar-refractivity contribution in [2.45, 2.75) is 5.92 Å². The fourth-order valence-electron chi connectivity index (χ4n) is 1.34. The molecule has 6 heteroatoms. The molecule has 2 rings (SSSR count). The molecule has 1 aromatic carbocycles. The van der Waals surface area contributed by atoms with Gasteiger partial charge >= 0.3 is 11.9 Å². The molecule has 0 radical (unpaired) electrons. The first-order valence-electron chi connectivity index (χ1n) is 4.42. The summed E-state index contributed by atoms with van der Waals surface area (Å²) in [6.07, 6.45) is 0. The number of benzene rings is 1. The molecule has 0 spiro atoms. The zero-order valence-corrected chi connectivity index (χ0v) is 8.33. The highest BCUT2D eigenvalue weighted by Crippen LogP contribution is 2.38. The van der Waals surface area contributed by atoms with Crippen LogP contribution in [0.2, 0.25) is 0 Å². The molecule has 0 fully saturated rings. The first kappa shape index (κ1) is 10.7. The summed E-state index contributed by atoms with van der Waals surface area (Å²) in [7, 11) is 0.906. The summed E-state index contributed by atoms with van der Waals surface area (Å²) in [5, 5.41) is 0. The van der Waals surface area contributed by atoms with Gasteiger partial charge in [-0.15, -0.1) is 0 Å². The minimum absolute atomic E-state index is 0.0113. The van der Waals surface area contributed by atoms with E-state index in [1.807, 2.05) is 0 Å². The van der Waals surface area contributed by atoms with E-state index in [-0.39, 0.29) is 12.5 Å². The third kappa shape index (κ3) is 1.56. The second-order valence-electron chi connectivity index (χ2n) is 3.13. The number of alkyl halides is 2. The van der Waals surface area contributed by atoms with Crippen LogP contribution in [0, 0.1) is 0 Å². The van der Waals surface area contributed by atoms with Crippen molar-refractivity contribution in [2.75, 3.05) is 13.9 Å². The highest BCUT2D eigenvalue weighted by molar-refractivity contribution is 5.79. The van der Waals surface area contributed by atoms with Gasteiger partial charge in [-0.25, -0.2) is 4.79 Å². The number of carbonyl (C=O) groups is 1. The molecule has 4 nitrogen and oxygen atoms in total. The summed E-state index contributed by atoms with van der Waals surface area (Å²) in [6.45, 7) is -0.0113. The van der Waals surface area contributed by atoms with Gasteiger partial charge in [-0.1, -0.05) is 0 Å². The summed E-state index contributed by atoms with van der Waals surface area (Å²) in [5.41, 5.74) is -0.483. The van der Waals surface area contributed by atoms with Crippen LogP contribution in [0.1, 0.15) is 5.56 Å². The molecule has 0 aromatic heterocycles. The van der Waals surface area contributed by atoms with Crippen LogP contribution in [0.15, 0.2) is 18.2 Å². The van der Waals surface area contributed by atoms with E-state index in [1.165, 1.54) is 6.07 Å². The van der Waals surface area contributed by atoms with Gasteiger partial charge in [-0.2, -0.15) is 8.78 Å². The van der Waals surface area contributed by atoms with Crippen molar-refractivity contribution in [3.63, 3.8) is 0 Å². The van der Waals surface area contributed by atoms with Gasteiger partial charge in [0, 0.05) is 5.56 Å². The van der Waals surface area contributed by atoms with E-state index in [1.54, 1.807) is 0 Å². The molecule has 0 unspecified atom stereocenters. The lowest BCUT2D eigenvalue weighted by atomic mass is 10.1. The van der Waals surface area contributed by atoms with Crippen molar-refractivity contribution in [1.82, 2.24) is 0 Å². The van der Waals surface area contributed by atoms with Gasteiger partial charge in [0.1, 0.15) is 0 Å². The second-order valence-corrected chi connectivity index (χ2v) is 3.13. The van der Waals surface area contributed by atoms with Crippen LogP contribution < -0.4 is 9.47 Å². The molecule has 0 atom stereocenters. The van der Waals surface area contributed by atoms with Gasteiger partial charge < -0.3 is 14.2 Å². The van der Waals surface area contributed by atoms with Crippen molar-refractivity contribution >= 4 is 5.97 Å². The zero-order valence-electron chi connectivity index (χ0n) is 8.33. The third-order valence-corrected chi connectivity index (χ3v) is 2.18. The van der Waals surface area contributed by atoms with E-state index in [4.69, 9.17) is 9.47 Å². The number of hydrogen-bond donors (Lipinski definition) is 0. The predicted molar refractivity (Wildman–Crippen MR) is 48.5 cm³/mol. The standard InChI is InChI=1S/C10H8F2O4/c1-14-9(13)10(11,12)6-2-3-7-8(4-6)16-5-15-7/h2-4H,5H2,1H3. The summed E-state index contributed by atoms with van der Waals surface area (Å²) in [6, 6.07) is 3.50.